The van der Waals surface area contributed by atoms with Crippen LogP contribution in [0, 0.1) is 6.92 Å². The van der Waals surface area contributed by atoms with Gasteiger partial charge in [-0.2, -0.15) is 0 Å². The molecule has 0 saturated carbocycles. The van der Waals surface area contributed by atoms with Crippen LogP contribution in [0.1, 0.15) is 35.2 Å². The Kier molecular flexibility index (Phi) is 5.49. The fraction of sp³-hybridized carbons (Fsp3) is 0.462. The van der Waals surface area contributed by atoms with Crippen LogP contribution in [0.5, 0.6) is 5.75 Å². The van der Waals surface area contributed by atoms with Gasteiger partial charge in [-0.15, -0.1) is 0 Å². The molecule has 1 amide bonds. The summed E-state index contributed by atoms with van der Waals surface area (Å²) in [6, 6.07) is 5.03. The molecular formula is C13H20N2O2. The van der Waals surface area contributed by atoms with Crippen molar-refractivity contribution in [2.45, 2.75) is 26.2 Å². The molecule has 4 nitrogen and oxygen atoms in total. The third kappa shape index (κ3) is 4.44. The zero-order chi connectivity index (χ0) is 12.7. The molecule has 0 aliphatic heterocycles. The zero-order valence-electron chi connectivity index (χ0n) is 10.2. The third-order valence-electron chi connectivity index (χ3n) is 2.56. The first-order valence-electron chi connectivity index (χ1n) is 5.93. The number of aryl methyl sites for hydroxylation is 1. The highest BCUT2D eigenvalue weighted by Crippen LogP contribution is 2.17. The van der Waals surface area contributed by atoms with Crippen LogP contribution in [0.2, 0.25) is 0 Å². The Labute approximate surface area is 102 Å². The van der Waals surface area contributed by atoms with Crippen molar-refractivity contribution in [3.05, 3.63) is 29.3 Å². The smallest absolute Gasteiger partial charge is 0.255 e. The molecule has 4 heteroatoms. The van der Waals surface area contributed by atoms with Crippen LogP contribution in [-0.2, 0) is 0 Å². The quantitative estimate of drug-likeness (QED) is 0.656. The lowest BCUT2D eigenvalue weighted by atomic mass is 10.1. The fourth-order valence-corrected chi connectivity index (χ4v) is 1.58. The number of rotatable bonds is 6. The van der Waals surface area contributed by atoms with E-state index in [0.29, 0.717) is 18.7 Å². The highest BCUT2D eigenvalue weighted by atomic mass is 16.3. The molecule has 0 radical (unpaired) electrons. The van der Waals surface area contributed by atoms with E-state index in [4.69, 9.17) is 5.73 Å². The largest absolute Gasteiger partial charge is 0.507 e. The van der Waals surface area contributed by atoms with Gasteiger partial charge in [0.05, 0.1) is 5.56 Å². The van der Waals surface area contributed by atoms with Crippen molar-refractivity contribution in [2.24, 2.45) is 5.73 Å². The molecule has 0 aliphatic rings. The van der Waals surface area contributed by atoms with Gasteiger partial charge in [-0.3, -0.25) is 4.79 Å². The van der Waals surface area contributed by atoms with Gasteiger partial charge < -0.3 is 16.2 Å². The molecular weight excluding hydrogens is 216 g/mol. The maximum Gasteiger partial charge on any atom is 0.255 e. The molecule has 1 aromatic rings. The Morgan fingerprint density at radius 1 is 1.35 bits per heavy atom. The van der Waals surface area contributed by atoms with Gasteiger partial charge >= 0.3 is 0 Å². The lowest BCUT2D eigenvalue weighted by molar-refractivity contribution is 0.0950. The maximum atomic E-state index is 11.7. The Hall–Kier alpha value is -1.55. The summed E-state index contributed by atoms with van der Waals surface area (Å²) in [4.78, 5) is 11.7. The third-order valence-corrected chi connectivity index (χ3v) is 2.56. The summed E-state index contributed by atoms with van der Waals surface area (Å²) in [6.07, 6.45) is 2.90. The van der Waals surface area contributed by atoms with Crippen molar-refractivity contribution >= 4 is 5.91 Å². The summed E-state index contributed by atoms with van der Waals surface area (Å²) in [5.74, 6) is -0.195. The molecule has 0 fully saturated rings. The average molecular weight is 236 g/mol. The number of phenols is 1. The zero-order valence-corrected chi connectivity index (χ0v) is 10.2. The van der Waals surface area contributed by atoms with Gasteiger partial charge in [-0.1, -0.05) is 12.5 Å². The Morgan fingerprint density at radius 2 is 2.12 bits per heavy atom. The number of carbonyl (C=O) groups excluding carboxylic acids is 1. The van der Waals surface area contributed by atoms with Crippen molar-refractivity contribution in [1.82, 2.24) is 5.32 Å². The van der Waals surface area contributed by atoms with E-state index in [0.717, 1.165) is 24.8 Å². The molecule has 0 bridgehead atoms. The predicted octanol–water partition coefficient (Wildman–Crippen LogP) is 1.56. The number of benzene rings is 1. The first-order valence-corrected chi connectivity index (χ1v) is 5.93. The van der Waals surface area contributed by atoms with Crippen LogP contribution in [0.3, 0.4) is 0 Å². The molecule has 1 rings (SSSR count). The standard InChI is InChI=1S/C13H20N2O2/c1-10-5-6-11(12(16)9-10)13(17)15-8-4-2-3-7-14/h5-6,9,16H,2-4,7-8,14H2,1H3,(H,15,17). The summed E-state index contributed by atoms with van der Waals surface area (Å²) in [7, 11) is 0. The lowest BCUT2D eigenvalue weighted by Crippen LogP contribution is -2.24. The number of hydrogen-bond donors (Lipinski definition) is 3. The summed E-state index contributed by atoms with van der Waals surface area (Å²) >= 11 is 0. The van der Waals surface area contributed by atoms with Crippen molar-refractivity contribution in [3.63, 3.8) is 0 Å². The van der Waals surface area contributed by atoms with Crippen LogP contribution < -0.4 is 11.1 Å². The molecule has 94 valence electrons. The number of nitrogens with one attached hydrogen (secondary N) is 1. The molecule has 0 saturated heterocycles. The number of phenolic OH excluding ortho intramolecular Hbond substituents is 1. The Morgan fingerprint density at radius 3 is 2.76 bits per heavy atom. The van der Waals surface area contributed by atoms with Crippen LogP contribution in [0.4, 0.5) is 0 Å². The van der Waals surface area contributed by atoms with Gasteiger partial charge in [0.2, 0.25) is 0 Å². The topological polar surface area (TPSA) is 75.4 Å². The number of hydrogen-bond acceptors (Lipinski definition) is 3. The lowest BCUT2D eigenvalue weighted by Gasteiger charge is -2.07. The Bertz CT molecular complexity index is 378. The van der Waals surface area contributed by atoms with E-state index < -0.39 is 0 Å². The monoisotopic (exact) mass is 236 g/mol. The number of unbranched alkanes of at least 4 members (excludes halogenated alkanes) is 2. The number of carbonyl (C=O) groups is 1. The van der Waals surface area contributed by atoms with E-state index in [1.165, 1.54) is 0 Å². The van der Waals surface area contributed by atoms with E-state index >= 15 is 0 Å². The number of aromatic hydroxyl groups is 1. The average Bonchev–Trinajstić information content (AvgIpc) is 2.28. The molecule has 0 aliphatic carbocycles. The second kappa shape index (κ2) is 6.91. The summed E-state index contributed by atoms with van der Waals surface area (Å²) in [5.41, 5.74) is 6.64. The molecule has 0 aromatic heterocycles. The summed E-state index contributed by atoms with van der Waals surface area (Å²) in [6.45, 7) is 3.17. The van der Waals surface area contributed by atoms with Gasteiger partial charge in [0, 0.05) is 6.54 Å². The predicted molar refractivity (Wildman–Crippen MR) is 68.1 cm³/mol. The van der Waals surface area contributed by atoms with Gasteiger partial charge in [0.15, 0.2) is 0 Å². The summed E-state index contributed by atoms with van der Waals surface area (Å²) < 4.78 is 0. The number of amides is 1. The maximum absolute atomic E-state index is 11.7. The van der Waals surface area contributed by atoms with E-state index in [1.54, 1.807) is 12.1 Å². The van der Waals surface area contributed by atoms with Gasteiger partial charge in [-0.05, 0) is 44.0 Å². The molecule has 0 heterocycles. The molecule has 0 spiro atoms. The van der Waals surface area contributed by atoms with E-state index in [2.05, 4.69) is 5.32 Å². The van der Waals surface area contributed by atoms with Crippen LogP contribution in [-0.4, -0.2) is 24.1 Å². The second-order valence-corrected chi connectivity index (χ2v) is 4.13. The molecule has 4 N–H and O–H groups in total. The SMILES string of the molecule is Cc1ccc(C(=O)NCCCCCN)c(O)c1. The molecule has 1 aromatic carbocycles. The number of nitrogens with two attached hydrogens (primary N) is 1. The first kappa shape index (κ1) is 13.5. The van der Waals surface area contributed by atoms with Crippen molar-refractivity contribution in [3.8, 4) is 5.75 Å². The van der Waals surface area contributed by atoms with Gasteiger partial charge in [0.25, 0.3) is 5.91 Å². The Balaban J connectivity index is 2.42. The normalized spacial score (nSPS) is 10.2. The van der Waals surface area contributed by atoms with Crippen molar-refractivity contribution < 1.29 is 9.90 Å². The van der Waals surface area contributed by atoms with Crippen LogP contribution >= 0.6 is 0 Å². The molecule has 0 unspecified atom stereocenters. The van der Waals surface area contributed by atoms with Crippen LogP contribution in [0.15, 0.2) is 18.2 Å². The minimum absolute atomic E-state index is 0.0319. The fourth-order valence-electron chi connectivity index (χ4n) is 1.58. The second-order valence-electron chi connectivity index (χ2n) is 4.13. The summed E-state index contributed by atoms with van der Waals surface area (Å²) in [5, 5.41) is 12.4. The van der Waals surface area contributed by atoms with Gasteiger partial charge in [0.1, 0.15) is 5.75 Å². The molecule has 0 atom stereocenters. The molecule has 17 heavy (non-hydrogen) atoms. The highest BCUT2D eigenvalue weighted by molar-refractivity contribution is 5.96. The minimum Gasteiger partial charge on any atom is -0.507 e. The van der Waals surface area contributed by atoms with Crippen molar-refractivity contribution in [1.29, 1.82) is 0 Å². The first-order chi connectivity index (χ1) is 8.15. The highest BCUT2D eigenvalue weighted by Gasteiger charge is 2.09. The van der Waals surface area contributed by atoms with Crippen molar-refractivity contribution in [2.75, 3.05) is 13.1 Å². The van der Waals surface area contributed by atoms with Crippen LogP contribution in [0.25, 0.3) is 0 Å². The van der Waals surface area contributed by atoms with E-state index in [-0.39, 0.29) is 11.7 Å². The van der Waals surface area contributed by atoms with E-state index in [9.17, 15) is 9.90 Å². The van der Waals surface area contributed by atoms with E-state index in [1.807, 2.05) is 13.0 Å². The minimum atomic E-state index is -0.227. The van der Waals surface area contributed by atoms with Gasteiger partial charge in [-0.25, -0.2) is 0 Å².